The van der Waals surface area contributed by atoms with Crippen molar-refractivity contribution in [3.63, 3.8) is 0 Å². The number of hydrogen-bond donors (Lipinski definition) is 4. The summed E-state index contributed by atoms with van der Waals surface area (Å²) in [7, 11) is 0. The van der Waals surface area contributed by atoms with E-state index in [1.807, 2.05) is 45.9 Å². The van der Waals surface area contributed by atoms with E-state index in [1.165, 1.54) is 24.3 Å². The molecule has 7 nitrogen and oxygen atoms in total. The minimum atomic E-state index is -0.708. The molecule has 1 aromatic rings. The van der Waals surface area contributed by atoms with Gasteiger partial charge in [0.25, 0.3) is 0 Å². The summed E-state index contributed by atoms with van der Waals surface area (Å²) in [6.07, 6.45) is 11.2. The highest BCUT2D eigenvalue weighted by Crippen LogP contribution is 2.29. The molecule has 2 amide bonds. The number of urea groups is 1. The molecule has 0 radical (unpaired) electrons. The van der Waals surface area contributed by atoms with Crippen LogP contribution in [0.5, 0.6) is 0 Å². The fourth-order valence-corrected chi connectivity index (χ4v) is 5.05. The second-order valence-electron chi connectivity index (χ2n) is 10.9. The van der Waals surface area contributed by atoms with E-state index < -0.39 is 17.7 Å². The lowest BCUT2D eigenvalue weighted by Crippen LogP contribution is -2.62. The number of aliphatic hydroxyl groups excluding tert-OH is 1. The van der Waals surface area contributed by atoms with Crippen molar-refractivity contribution in [1.29, 1.82) is 0 Å². The molecule has 1 heterocycles. The van der Waals surface area contributed by atoms with Crippen molar-refractivity contribution in [1.82, 2.24) is 20.7 Å². The SMILES string of the molecule is CCC[C@@H](C(=O)S)N(N[C@@H](CC1CCCCC1)[C@@H](O)CCCc1ccccn1)C(=O)NC(C)(C)C. The first kappa shape index (κ1) is 29.6. The van der Waals surface area contributed by atoms with E-state index in [2.05, 4.69) is 28.4 Å². The molecule has 1 fully saturated rings. The maximum atomic E-state index is 13.3. The predicted molar refractivity (Wildman–Crippen MR) is 144 cm³/mol. The molecule has 1 aliphatic rings. The summed E-state index contributed by atoms with van der Waals surface area (Å²) in [5.74, 6) is 0.496. The van der Waals surface area contributed by atoms with E-state index in [-0.39, 0.29) is 17.2 Å². The summed E-state index contributed by atoms with van der Waals surface area (Å²) in [5.41, 5.74) is 3.87. The monoisotopic (exact) mass is 506 g/mol. The second-order valence-corrected chi connectivity index (χ2v) is 11.4. The number of hydrogen-bond acceptors (Lipinski definition) is 5. The van der Waals surface area contributed by atoms with Gasteiger partial charge in [0.1, 0.15) is 6.04 Å². The Balaban J connectivity index is 2.19. The first-order chi connectivity index (χ1) is 16.6. The third-order valence-electron chi connectivity index (χ3n) is 6.60. The molecule has 0 aliphatic heterocycles. The van der Waals surface area contributed by atoms with Crippen LogP contribution in [0.2, 0.25) is 0 Å². The van der Waals surface area contributed by atoms with Crippen LogP contribution in [0.1, 0.15) is 97.6 Å². The number of thiol groups is 1. The molecule has 35 heavy (non-hydrogen) atoms. The molecule has 0 aromatic carbocycles. The highest BCUT2D eigenvalue weighted by atomic mass is 32.1. The van der Waals surface area contributed by atoms with Gasteiger partial charge < -0.3 is 10.4 Å². The van der Waals surface area contributed by atoms with Crippen molar-refractivity contribution >= 4 is 23.8 Å². The third-order valence-corrected chi connectivity index (χ3v) is 6.90. The van der Waals surface area contributed by atoms with Gasteiger partial charge in [0, 0.05) is 17.4 Å². The maximum absolute atomic E-state index is 13.3. The highest BCUT2D eigenvalue weighted by molar-refractivity contribution is 7.96. The van der Waals surface area contributed by atoms with Gasteiger partial charge in [0.15, 0.2) is 0 Å². The summed E-state index contributed by atoms with van der Waals surface area (Å²) in [6, 6.07) is 4.46. The van der Waals surface area contributed by atoms with Crippen LogP contribution in [0.3, 0.4) is 0 Å². The normalized spacial score (nSPS) is 17.4. The minimum absolute atomic E-state index is 0.334. The van der Waals surface area contributed by atoms with Crippen molar-refractivity contribution in [2.75, 3.05) is 0 Å². The average molecular weight is 507 g/mol. The number of amides is 2. The van der Waals surface area contributed by atoms with Gasteiger partial charge in [-0.25, -0.2) is 15.2 Å². The smallest absolute Gasteiger partial charge is 0.332 e. The lowest BCUT2D eigenvalue weighted by Gasteiger charge is -2.38. The van der Waals surface area contributed by atoms with Gasteiger partial charge in [-0.2, -0.15) is 0 Å². The molecule has 0 bridgehead atoms. The number of aliphatic hydroxyl groups is 1. The average Bonchev–Trinajstić information content (AvgIpc) is 2.80. The number of nitrogens with zero attached hydrogens (tertiary/aromatic N) is 2. The van der Waals surface area contributed by atoms with E-state index in [1.54, 1.807) is 6.20 Å². The molecule has 3 atom stereocenters. The number of pyridine rings is 1. The fourth-order valence-electron chi connectivity index (χ4n) is 4.80. The summed E-state index contributed by atoms with van der Waals surface area (Å²) in [5, 5.41) is 15.3. The van der Waals surface area contributed by atoms with Crippen molar-refractivity contribution in [3.05, 3.63) is 30.1 Å². The van der Waals surface area contributed by atoms with Gasteiger partial charge >= 0.3 is 6.03 Å². The standard InChI is InChI=1S/C27H46N4O3S/c1-5-12-23(25(33)35)31(26(34)29-27(2,3)4)30-22(19-20-13-7-6-8-14-20)24(32)17-11-16-21-15-9-10-18-28-21/h9-10,15,18,20,22-24,30,32H,5-8,11-14,16-17,19H2,1-4H3,(H,29,34)(H,33,35)/t22-,23-,24-/m0/s1. The van der Waals surface area contributed by atoms with E-state index in [0.717, 1.165) is 44.2 Å². The van der Waals surface area contributed by atoms with Gasteiger partial charge in [-0.3, -0.25) is 9.78 Å². The lowest BCUT2D eigenvalue weighted by atomic mass is 9.83. The molecule has 1 aromatic heterocycles. The van der Waals surface area contributed by atoms with Crippen LogP contribution in [0, 0.1) is 5.92 Å². The van der Waals surface area contributed by atoms with Gasteiger partial charge in [0.2, 0.25) is 5.12 Å². The molecule has 198 valence electrons. The van der Waals surface area contributed by atoms with Gasteiger partial charge in [-0.05, 0) is 70.9 Å². The van der Waals surface area contributed by atoms with Crippen LogP contribution in [0.4, 0.5) is 4.79 Å². The molecule has 0 saturated heterocycles. The summed E-state index contributed by atoms with van der Waals surface area (Å²) in [6.45, 7) is 7.71. The van der Waals surface area contributed by atoms with Crippen LogP contribution in [0.25, 0.3) is 0 Å². The summed E-state index contributed by atoms with van der Waals surface area (Å²) < 4.78 is 0. The molecule has 3 N–H and O–H groups in total. The number of aryl methyl sites for hydroxylation is 1. The molecule has 0 unspecified atom stereocenters. The van der Waals surface area contributed by atoms with E-state index in [4.69, 9.17) is 0 Å². The molecular formula is C27H46N4O3S. The topological polar surface area (TPSA) is 94.6 Å². The lowest BCUT2D eigenvalue weighted by molar-refractivity contribution is -0.116. The summed E-state index contributed by atoms with van der Waals surface area (Å²) in [4.78, 5) is 30.1. The molecule has 8 heteroatoms. The number of carbonyl (C=O) groups is 2. The van der Waals surface area contributed by atoms with Gasteiger partial charge in [0.05, 0.1) is 12.1 Å². The van der Waals surface area contributed by atoms with Crippen LogP contribution in [-0.4, -0.2) is 50.0 Å². The largest absolute Gasteiger partial charge is 0.391 e. The Labute approximate surface area is 217 Å². The number of hydrazine groups is 1. The molecule has 2 rings (SSSR count). The number of rotatable bonds is 13. The van der Waals surface area contributed by atoms with Gasteiger partial charge in [-0.15, -0.1) is 12.6 Å². The highest BCUT2D eigenvalue weighted by Gasteiger charge is 2.34. The molecule has 1 saturated carbocycles. The Kier molecular flexibility index (Phi) is 12.5. The zero-order valence-corrected chi connectivity index (χ0v) is 22.9. The Morgan fingerprint density at radius 3 is 2.49 bits per heavy atom. The Hall–Kier alpha value is -1.64. The Morgan fingerprint density at radius 2 is 1.91 bits per heavy atom. The molecule has 0 spiro atoms. The van der Waals surface area contributed by atoms with E-state index >= 15 is 0 Å². The fraction of sp³-hybridized carbons (Fsp3) is 0.741. The molecule has 1 aliphatic carbocycles. The van der Waals surface area contributed by atoms with Crippen molar-refractivity contribution in [2.24, 2.45) is 5.92 Å². The third kappa shape index (κ3) is 10.9. The first-order valence-electron chi connectivity index (χ1n) is 13.3. The summed E-state index contributed by atoms with van der Waals surface area (Å²) >= 11 is 4.10. The van der Waals surface area contributed by atoms with Crippen LogP contribution >= 0.6 is 12.6 Å². The second kappa shape index (κ2) is 14.8. The number of aromatic nitrogens is 1. The van der Waals surface area contributed by atoms with Crippen molar-refractivity contribution in [3.8, 4) is 0 Å². The Bertz CT molecular complexity index is 765. The van der Waals surface area contributed by atoms with Crippen molar-refractivity contribution < 1.29 is 14.7 Å². The Morgan fingerprint density at radius 1 is 1.20 bits per heavy atom. The van der Waals surface area contributed by atoms with Crippen LogP contribution in [0.15, 0.2) is 24.4 Å². The van der Waals surface area contributed by atoms with Crippen LogP contribution < -0.4 is 10.7 Å². The quantitative estimate of drug-likeness (QED) is 0.222. The minimum Gasteiger partial charge on any atom is -0.391 e. The van der Waals surface area contributed by atoms with Crippen molar-refractivity contribution in [2.45, 2.75) is 122 Å². The van der Waals surface area contributed by atoms with E-state index in [9.17, 15) is 14.7 Å². The zero-order chi connectivity index (χ0) is 25.8. The molecular weight excluding hydrogens is 460 g/mol. The van der Waals surface area contributed by atoms with E-state index in [0.29, 0.717) is 18.8 Å². The predicted octanol–water partition coefficient (Wildman–Crippen LogP) is 5.04. The van der Waals surface area contributed by atoms with Gasteiger partial charge in [-0.1, -0.05) is 51.5 Å². The maximum Gasteiger partial charge on any atom is 0.332 e. The number of carbonyl (C=O) groups excluding carboxylic acids is 2. The number of nitrogens with one attached hydrogen (secondary N) is 2. The van der Waals surface area contributed by atoms with Crippen LogP contribution in [-0.2, 0) is 11.2 Å². The zero-order valence-electron chi connectivity index (χ0n) is 22.0. The first-order valence-corrected chi connectivity index (χ1v) is 13.7.